The first-order valence-electron chi connectivity index (χ1n) is 8.70. The summed E-state index contributed by atoms with van der Waals surface area (Å²) in [6, 6.07) is 17.4. The van der Waals surface area contributed by atoms with Gasteiger partial charge < -0.3 is 15.6 Å². The summed E-state index contributed by atoms with van der Waals surface area (Å²) in [5.41, 5.74) is 2.97. The molecule has 5 nitrogen and oxygen atoms in total. The van der Waals surface area contributed by atoms with Crippen LogP contribution in [0.4, 0.5) is 4.79 Å². The first-order chi connectivity index (χ1) is 12.2. The van der Waals surface area contributed by atoms with Crippen LogP contribution >= 0.6 is 0 Å². The van der Waals surface area contributed by atoms with Gasteiger partial charge in [-0.15, -0.1) is 0 Å². The van der Waals surface area contributed by atoms with Gasteiger partial charge in [0, 0.05) is 6.54 Å². The molecule has 3 N–H and O–H groups in total. The Morgan fingerprint density at radius 1 is 1.12 bits per heavy atom. The Balaban J connectivity index is 1.71. The van der Waals surface area contributed by atoms with E-state index in [0.717, 1.165) is 28.8 Å². The van der Waals surface area contributed by atoms with Crippen molar-refractivity contribution in [1.29, 1.82) is 0 Å². The number of para-hydroxylation sites is 2. The van der Waals surface area contributed by atoms with E-state index in [1.807, 2.05) is 54.6 Å². The maximum absolute atomic E-state index is 12.4. The molecule has 3 rings (SSSR count). The van der Waals surface area contributed by atoms with Gasteiger partial charge in [-0.25, -0.2) is 9.78 Å². The Kier molecular flexibility index (Phi) is 5.33. The normalized spacial score (nSPS) is 13.4. The number of nitrogens with one attached hydrogen (secondary N) is 3. The molecule has 2 amide bonds. The summed E-state index contributed by atoms with van der Waals surface area (Å²) in [6.07, 6.45) is 0.945. The van der Waals surface area contributed by atoms with Crippen molar-refractivity contribution in [2.75, 3.05) is 0 Å². The van der Waals surface area contributed by atoms with Gasteiger partial charge in [-0.05, 0) is 23.6 Å². The molecule has 2 unspecified atom stereocenters. The van der Waals surface area contributed by atoms with E-state index >= 15 is 0 Å². The summed E-state index contributed by atoms with van der Waals surface area (Å²) in [6.45, 7) is 4.74. The number of amides is 2. The number of imidazole rings is 1. The van der Waals surface area contributed by atoms with Crippen LogP contribution in [0.15, 0.2) is 54.6 Å². The van der Waals surface area contributed by atoms with Crippen LogP contribution < -0.4 is 10.6 Å². The van der Waals surface area contributed by atoms with Gasteiger partial charge in [0.05, 0.1) is 17.1 Å². The van der Waals surface area contributed by atoms with Gasteiger partial charge in [0.1, 0.15) is 5.82 Å². The van der Waals surface area contributed by atoms with Crippen molar-refractivity contribution in [2.24, 2.45) is 5.92 Å². The van der Waals surface area contributed by atoms with E-state index in [9.17, 15) is 4.79 Å². The number of carbonyl (C=O) groups is 1. The number of H-pyrrole nitrogens is 1. The standard InChI is InChI=1S/C20H24N4O/c1-3-14(2)18(19-22-16-11-7-8-12-17(16)23-19)24-20(25)21-13-15-9-5-4-6-10-15/h4-12,14,18H,3,13H2,1-2H3,(H,22,23)(H2,21,24,25). The topological polar surface area (TPSA) is 69.8 Å². The van der Waals surface area contributed by atoms with Crippen LogP contribution in [-0.2, 0) is 6.54 Å². The van der Waals surface area contributed by atoms with Gasteiger partial charge in [-0.2, -0.15) is 0 Å². The molecule has 1 heterocycles. The molecule has 2 aromatic carbocycles. The van der Waals surface area contributed by atoms with E-state index in [0.29, 0.717) is 6.54 Å². The van der Waals surface area contributed by atoms with Crippen molar-refractivity contribution in [3.8, 4) is 0 Å². The molecule has 0 saturated heterocycles. The fraction of sp³-hybridized carbons (Fsp3) is 0.300. The molecule has 0 radical (unpaired) electrons. The lowest BCUT2D eigenvalue weighted by Gasteiger charge is -2.22. The minimum absolute atomic E-state index is 0.159. The number of benzene rings is 2. The summed E-state index contributed by atoms with van der Waals surface area (Å²) in [4.78, 5) is 20.4. The average Bonchev–Trinajstić information content (AvgIpc) is 3.08. The molecule has 0 spiro atoms. The van der Waals surface area contributed by atoms with Crippen molar-refractivity contribution in [1.82, 2.24) is 20.6 Å². The van der Waals surface area contributed by atoms with E-state index in [-0.39, 0.29) is 18.0 Å². The molecule has 0 aliphatic heterocycles. The fourth-order valence-corrected chi connectivity index (χ4v) is 2.81. The zero-order valence-corrected chi connectivity index (χ0v) is 14.6. The zero-order valence-electron chi connectivity index (χ0n) is 14.6. The number of fused-ring (bicyclic) bond motifs is 1. The molecule has 0 aliphatic rings. The number of urea groups is 1. The van der Waals surface area contributed by atoms with Crippen molar-refractivity contribution < 1.29 is 4.79 Å². The van der Waals surface area contributed by atoms with E-state index in [2.05, 4.69) is 34.4 Å². The quantitative estimate of drug-likeness (QED) is 0.633. The number of rotatable bonds is 6. The molecule has 1 aromatic heterocycles. The Morgan fingerprint density at radius 2 is 1.84 bits per heavy atom. The molecule has 3 aromatic rings. The van der Waals surface area contributed by atoms with Crippen LogP contribution in [0.1, 0.15) is 37.7 Å². The van der Waals surface area contributed by atoms with Crippen molar-refractivity contribution in [3.05, 3.63) is 66.0 Å². The minimum atomic E-state index is -0.186. The molecule has 25 heavy (non-hydrogen) atoms. The summed E-state index contributed by atoms with van der Waals surface area (Å²) in [5.74, 6) is 1.06. The van der Waals surface area contributed by atoms with Crippen LogP contribution in [-0.4, -0.2) is 16.0 Å². The molecule has 2 atom stereocenters. The van der Waals surface area contributed by atoms with Crippen molar-refractivity contribution >= 4 is 17.1 Å². The Morgan fingerprint density at radius 3 is 2.56 bits per heavy atom. The lowest BCUT2D eigenvalue weighted by Crippen LogP contribution is -2.40. The second-order valence-corrected chi connectivity index (χ2v) is 6.32. The molecule has 0 bridgehead atoms. The fourth-order valence-electron chi connectivity index (χ4n) is 2.81. The highest BCUT2D eigenvalue weighted by molar-refractivity contribution is 5.76. The molecule has 130 valence electrons. The molecule has 5 heteroatoms. The smallest absolute Gasteiger partial charge is 0.315 e. The number of aromatic nitrogens is 2. The second-order valence-electron chi connectivity index (χ2n) is 6.32. The predicted octanol–water partition coefficient (Wildman–Crippen LogP) is 4.15. The number of hydrogen-bond acceptors (Lipinski definition) is 2. The molecule has 0 aliphatic carbocycles. The highest BCUT2D eigenvalue weighted by atomic mass is 16.2. The maximum Gasteiger partial charge on any atom is 0.315 e. The van der Waals surface area contributed by atoms with E-state index < -0.39 is 0 Å². The van der Waals surface area contributed by atoms with Gasteiger partial charge in [0.25, 0.3) is 0 Å². The first-order valence-corrected chi connectivity index (χ1v) is 8.70. The van der Waals surface area contributed by atoms with Crippen molar-refractivity contribution in [3.63, 3.8) is 0 Å². The lowest BCUT2D eigenvalue weighted by atomic mass is 9.99. The van der Waals surface area contributed by atoms with E-state index in [1.165, 1.54) is 0 Å². The third kappa shape index (κ3) is 4.18. The van der Waals surface area contributed by atoms with E-state index in [1.54, 1.807) is 0 Å². The summed E-state index contributed by atoms with van der Waals surface area (Å²) < 4.78 is 0. The van der Waals surface area contributed by atoms with Gasteiger partial charge >= 0.3 is 6.03 Å². The summed E-state index contributed by atoms with van der Waals surface area (Å²) in [5, 5.41) is 5.99. The maximum atomic E-state index is 12.4. The van der Waals surface area contributed by atoms with Crippen LogP contribution in [0.25, 0.3) is 11.0 Å². The molecular formula is C20H24N4O. The number of nitrogens with zero attached hydrogens (tertiary/aromatic N) is 1. The van der Waals surface area contributed by atoms with Crippen molar-refractivity contribution in [2.45, 2.75) is 32.9 Å². The average molecular weight is 336 g/mol. The highest BCUT2D eigenvalue weighted by Crippen LogP contribution is 2.24. The lowest BCUT2D eigenvalue weighted by molar-refractivity contribution is 0.230. The van der Waals surface area contributed by atoms with Crippen LogP contribution in [0.2, 0.25) is 0 Å². The Labute approximate surface area is 147 Å². The first kappa shape index (κ1) is 17.0. The van der Waals surface area contributed by atoms with E-state index in [4.69, 9.17) is 0 Å². The van der Waals surface area contributed by atoms with Gasteiger partial charge in [0.2, 0.25) is 0 Å². The predicted molar refractivity (Wildman–Crippen MR) is 100 cm³/mol. The molecule has 0 fully saturated rings. The second kappa shape index (κ2) is 7.83. The SMILES string of the molecule is CCC(C)C(NC(=O)NCc1ccccc1)c1nc2ccccc2[nH]1. The third-order valence-corrected chi connectivity index (χ3v) is 4.50. The monoisotopic (exact) mass is 336 g/mol. The van der Waals surface area contributed by atoms with Crippen LogP contribution in [0.3, 0.4) is 0 Å². The van der Waals surface area contributed by atoms with Crippen LogP contribution in [0.5, 0.6) is 0 Å². The third-order valence-electron chi connectivity index (χ3n) is 4.50. The van der Waals surface area contributed by atoms with Gasteiger partial charge in [0.15, 0.2) is 0 Å². The van der Waals surface area contributed by atoms with Gasteiger partial charge in [-0.1, -0.05) is 62.7 Å². The molecule has 0 saturated carbocycles. The van der Waals surface area contributed by atoms with Gasteiger partial charge in [-0.3, -0.25) is 0 Å². The number of carbonyl (C=O) groups excluding carboxylic acids is 1. The Bertz CT molecular complexity index is 795. The minimum Gasteiger partial charge on any atom is -0.340 e. The highest BCUT2D eigenvalue weighted by Gasteiger charge is 2.23. The molecular weight excluding hydrogens is 312 g/mol. The number of aromatic amines is 1. The zero-order chi connectivity index (χ0) is 17.6. The summed E-state index contributed by atoms with van der Waals surface area (Å²) >= 11 is 0. The largest absolute Gasteiger partial charge is 0.340 e. The summed E-state index contributed by atoms with van der Waals surface area (Å²) in [7, 11) is 0. The Hall–Kier alpha value is -2.82. The van der Waals surface area contributed by atoms with Crippen LogP contribution in [0, 0.1) is 5.92 Å². The number of hydrogen-bond donors (Lipinski definition) is 3.